The van der Waals surface area contributed by atoms with Crippen molar-refractivity contribution in [3.63, 3.8) is 0 Å². The Morgan fingerprint density at radius 3 is 2.24 bits per heavy atom. The molecule has 0 radical (unpaired) electrons. The molecule has 3 aromatic carbocycles. The molecule has 4 rings (SSSR count). The first-order valence-corrected chi connectivity index (χ1v) is 12.0. The van der Waals surface area contributed by atoms with Gasteiger partial charge in [-0.2, -0.15) is 0 Å². The van der Waals surface area contributed by atoms with Gasteiger partial charge in [0, 0.05) is 17.1 Å². The molecule has 9 heteroatoms. The standard InChI is InChI=1S/C28H25ClN2O6/c1-3-37-28(35)19-8-12-21(13-9-19)31-25(32)16-24(27(31)34)30(17-20-6-4-5-7-23(20)29)26(33)18-10-14-22(36-2)15-11-18/h4-15,24H,3,16-17H2,1-2H3. The first kappa shape index (κ1) is 25.9. The Balaban J connectivity index is 1.65. The molecule has 0 N–H and O–H groups in total. The van der Waals surface area contributed by atoms with Crippen LogP contribution in [0.25, 0.3) is 0 Å². The van der Waals surface area contributed by atoms with Crippen LogP contribution in [0.2, 0.25) is 5.02 Å². The lowest BCUT2D eigenvalue weighted by Gasteiger charge is -2.28. The van der Waals surface area contributed by atoms with E-state index >= 15 is 0 Å². The number of hydrogen-bond acceptors (Lipinski definition) is 6. The van der Waals surface area contributed by atoms with E-state index in [0.717, 1.165) is 4.90 Å². The van der Waals surface area contributed by atoms with Crippen molar-refractivity contribution >= 4 is 41.0 Å². The van der Waals surface area contributed by atoms with Crippen molar-refractivity contribution in [2.45, 2.75) is 25.9 Å². The SMILES string of the molecule is CCOC(=O)c1ccc(N2C(=O)CC(N(Cc3ccccc3Cl)C(=O)c3ccc(OC)cc3)C2=O)cc1. The molecule has 1 aliphatic rings. The summed E-state index contributed by atoms with van der Waals surface area (Å²) in [4.78, 5) is 54.6. The number of anilines is 1. The summed E-state index contributed by atoms with van der Waals surface area (Å²) in [5, 5.41) is 0.443. The van der Waals surface area contributed by atoms with Crippen LogP contribution in [0, 0.1) is 0 Å². The van der Waals surface area contributed by atoms with E-state index in [9.17, 15) is 19.2 Å². The van der Waals surface area contributed by atoms with Gasteiger partial charge in [0.2, 0.25) is 5.91 Å². The molecule has 0 aromatic heterocycles. The third-order valence-corrected chi connectivity index (χ3v) is 6.40. The topological polar surface area (TPSA) is 93.2 Å². The van der Waals surface area contributed by atoms with E-state index < -0.39 is 29.7 Å². The summed E-state index contributed by atoms with van der Waals surface area (Å²) >= 11 is 6.36. The maximum absolute atomic E-state index is 13.6. The van der Waals surface area contributed by atoms with Gasteiger partial charge in [-0.3, -0.25) is 14.4 Å². The van der Waals surface area contributed by atoms with Gasteiger partial charge in [0.15, 0.2) is 0 Å². The number of nitrogens with zero attached hydrogens (tertiary/aromatic N) is 2. The Morgan fingerprint density at radius 2 is 1.62 bits per heavy atom. The van der Waals surface area contributed by atoms with E-state index in [1.807, 2.05) is 0 Å². The average Bonchev–Trinajstić information content (AvgIpc) is 3.21. The predicted molar refractivity (Wildman–Crippen MR) is 138 cm³/mol. The molecule has 37 heavy (non-hydrogen) atoms. The molecule has 1 fully saturated rings. The number of imide groups is 1. The Hall–Kier alpha value is -4.17. The third-order valence-electron chi connectivity index (χ3n) is 6.03. The van der Waals surface area contributed by atoms with E-state index in [-0.39, 0.29) is 19.6 Å². The second kappa shape index (κ2) is 11.3. The molecule has 3 aromatic rings. The van der Waals surface area contributed by atoms with Crippen LogP contribution in [-0.2, 0) is 20.9 Å². The largest absolute Gasteiger partial charge is 0.497 e. The minimum Gasteiger partial charge on any atom is -0.497 e. The molecule has 1 atom stereocenters. The Kier molecular flexibility index (Phi) is 7.89. The summed E-state index contributed by atoms with van der Waals surface area (Å²) in [7, 11) is 1.52. The fraction of sp³-hybridized carbons (Fsp3) is 0.214. The number of hydrogen-bond donors (Lipinski definition) is 0. The van der Waals surface area contributed by atoms with Crippen LogP contribution < -0.4 is 9.64 Å². The molecule has 0 aliphatic carbocycles. The Labute approximate surface area is 219 Å². The quantitative estimate of drug-likeness (QED) is 0.321. The maximum Gasteiger partial charge on any atom is 0.338 e. The fourth-order valence-corrected chi connectivity index (χ4v) is 4.32. The molecule has 0 saturated carbocycles. The molecule has 1 saturated heterocycles. The number of benzene rings is 3. The minimum absolute atomic E-state index is 0.0316. The van der Waals surface area contributed by atoms with Crippen LogP contribution in [0.4, 0.5) is 5.69 Å². The zero-order valence-electron chi connectivity index (χ0n) is 20.3. The summed E-state index contributed by atoms with van der Waals surface area (Å²) < 4.78 is 10.2. The average molecular weight is 521 g/mol. The summed E-state index contributed by atoms with van der Waals surface area (Å²) in [5.41, 5.74) is 1.59. The minimum atomic E-state index is -1.04. The van der Waals surface area contributed by atoms with Crippen molar-refractivity contribution in [1.29, 1.82) is 0 Å². The van der Waals surface area contributed by atoms with Gasteiger partial charge in [-0.1, -0.05) is 29.8 Å². The Bertz CT molecular complexity index is 1320. The van der Waals surface area contributed by atoms with Gasteiger partial charge in [-0.15, -0.1) is 0 Å². The molecule has 1 unspecified atom stereocenters. The van der Waals surface area contributed by atoms with Crippen LogP contribution in [0.3, 0.4) is 0 Å². The lowest BCUT2D eigenvalue weighted by atomic mass is 10.1. The first-order valence-electron chi connectivity index (χ1n) is 11.7. The summed E-state index contributed by atoms with van der Waals surface area (Å²) in [6, 6.07) is 18.5. The van der Waals surface area contributed by atoms with Gasteiger partial charge >= 0.3 is 5.97 Å². The number of amides is 3. The van der Waals surface area contributed by atoms with Gasteiger partial charge in [0.05, 0.1) is 31.4 Å². The zero-order valence-corrected chi connectivity index (χ0v) is 21.1. The van der Waals surface area contributed by atoms with E-state index in [1.165, 1.54) is 36.3 Å². The summed E-state index contributed by atoms with van der Waals surface area (Å²) in [6.45, 7) is 1.97. The van der Waals surface area contributed by atoms with Gasteiger partial charge in [0.25, 0.3) is 11.8 Å². The monoisotopic (exact) mass is 520 g/mol. The van der Waals surface area contributed by atoms with Crippen molar-refractivity contribution in [3.05, 3.63) is 94.5 Å². The molecular formula is C28H25ClN2O6. The van der Waals surface area contributed by atoms with E-state index in [0.29, 0.717) is 33.1 Å². The van der Waals surface area contributed by atoms with E-state index in [1.54, 1.807) is 55.5 Å². The maximum atomic E-state index is 13.6. The van der Waals surface area contributed by atoms with Crippen molar-refractivity contribution in [1.82, 2.24) is 4.90 Å². The van der Waals surface area contributed by atoms with Crippen LogP contribution >= 0.6 is 11.6 Å². The number of esters is 1. The number of halogens is 1. The second-order valence-electron chi connectivity index (χ2n) is 8.31. The van der Waals surface area contributed by atoms with Gasteiger partial charge in [-0.25, -0.2) is 9.69 Å². The lowest BCUT2D eigenvalue weighted by Crippen LogP contribution is -2.45. The van der Waals surface area contributed by atoms with Crippen LogP contribution in [0.15, 0.2) is 72.8 Å². The highest BCUT2D eigenvalue weighted by Gasteiger charge is 2.44. The number of methoxy groups -OCH3 is 1. The van der Waals surface area contributed by atoms with Crippen molar-refractivity contribution in [2.24, 2.45) is 0 Å². The zero-order chi connectivity index (χ0) is 26.5. The smallest absolute Gasteiger partial charge is 0.338 e. The lowest BCUT2D eigenvalue weighted by molar-refractivity contribution is -0.122. The number of carbonyl (C=O) groups excluding carboxylic acids is 4. The number of ether oxygens (including phenoxy) is 2. The first-order chi connectivity index (χ1) is 17.8. The highest BCUT2D eigenvalue weighted by atomic mass is 35.5. The molecular weight excluding hydrogens is 496 g/mol. The summed E-state index contributed by atoms with van der Waals surface area (Å²) in [6.07, 6.45) is -0.190. The van der Waals surface area contributed by atoms with Crippen molar-refractivity contribution < 1.29 is 28.7 Å². The summed E-state index contributed by atoms with van der Waals surface area (Å²) in [5.74, 6) is -1.33. The number of rotatable bonds is 8. The second-order valence-corrected chi connectivity index (χ2v) is 8.71. The van der Waals surface area contributed by atoms with Crippen molar-refractivity contribution in [3.8, 4) is 5.75 Å². The van der Waals surface area contributed by atoms with Gasteiger partial charge < -0.3 is 14.4 Å². The van der Waals surface area contributed by atoms with Crippen LogP contribution in [0.1, 0.15) is 39.6 Å². The molecule has 190 valence electrons. The molecule has 3 amide bonds. The fourth-order valence-electron chi connectivity index (χ4n) is 4.12. The molecule has 8 nitrogen and oxygen atoms in total. The van der Waals surface area contributed by atoms with Crippen LogP contribution in [-0.4, -0.2) is 48.3 Å². The normalized spacial score (nSPS) is 15.0. The molecule has 1 aliphatic heterocycles. The van der Waals surface area contributed by atoms with Gasteiger partial charge in [-0.05, 0) is 67.1 Å². The Morgan fingerprint density at radius 1 is 0.973 bits per heavy atom. The van der Waals surface area contributed by atoms with Gasteiger partial charge in [0.1, 0.15) is 11.8 Å². The van der Waals surface area contributed by atoms with Crippen LogP contribution in [0.5, 0.6) is 5.75 Å². The third kappa shape index (κ3) is 5.49. The van der Waals surface area contributed by atoms with E-state index in [2.05, 4.69) is 0 Å². The van der Waals surface area contributed by atoms with E-state index in [4.69, 9.17) is 21.1 Å². The van der Waals surface area contributed by atoms with Crippen molar-refractivity contribution in [2.75, 3.05) is 18.6 Å². The highest BCUT2D eigenvalue weighted by molar-refractivity contribution is 6.31. The molecule has 1 heterocycles. The molecule has 0 spiro atoms. The number of carbonyl (C=O) groups is 4. The molecule has 0 bridgehead atoms. The highest BCUT2D eigenvalue weighted by Crippen LogP contribution is 2.29. The predicted octanol–water partition coefficient (Wildman–Crippen LogP) is 4.50.